The number of likely N-dealkylation sites (tertiary alicyclic amines) is 1. The number of amides is 2. The fourth-order valence-corrected chi connectivity index (χ4v) is 5.29. The molecule has 226 valence electrons. The maximum atomic E-state index is 13.1. The second-order valence-corrected chi connectivity index (χ2v) is 11.5. The van der Waals surface area contributed by atoms with E-state index in [1.165, 1.54) is 6.33 Å². The van der Waals surface area contributed by atoms with Crippen LogP contribution in [0.5, 0.6) is 5.75 Å². The summed E-state index contributed by atoms with van der Waals surface area (Å²) in [7, 11) is 0. The summed E-state index contributed by atoms with van der Waals surface area (Å²) in [4.78, 5) is 37.1. The van der Waals surface area contributed by atoms with E-state index in [1.54, 1.807) is 56.3 Å². The van der Waals surface area contributed by atoms with Crippen LogP contribution in [0.15, 0.2) is 67.0 Å². The van der Waals surface area contributed by atoms with Crippen molar-refractivity contribution in [1.82, 2.24) is 20.2 Å². The van der Waals surface area contributed by atoms with Crippen LogP contribution in [0.1, 0.15) is 58.5 Å². The van der Waals surface area contributed by atoms with Crippen LogP contribution < -0.4 is 15.4 Å². The Morgan fingerprint density at radius 1 is 1.09 bits per heavy atom. The van der Waals surface area contributed by atoms with Gasteiger partial charge in [0.05, 0.1) is 23.6 Å². The zero-order valence-electron chi connectivity index (χ0n) is 25.1. The molecule has 2 heterocycles. The van der Waals surface area contributed by atoms with Crippen molar-refractivity contribution in [2.75, 3.05) is 31.6 Å². The van der Waals surface area contributed by atoms with E-state index in [9.17, 15) is 20.0 Å². The van der Waals surface area contributed by atoms with Crippen LogP contribution in [0.3, 0.4) is 0 Å². The number of aryl methyl sites for hydroxylation is 1. The van der Waals surface area contributed by atoms with Crippen molar-refractivity contribution in [2.24, 2.45) is 0 Å². The van der Waals surface area contributed by atoms with Crippen LogP contribution in [0.4, 0.5) is 11.5 Å². The van der Waals surface area contributed by atoms with E-state index in [4.69, 9.17) is 4.74 Å². The first-order valence-electron chi connectivity index (χ1n) is 14.7. The first kappa shape index (κ1) is 30.6. The lowest BCUT2D eigenvalue weighted by Crippen LogP contribution is -2.35. The topological polar surface area (TPSA) is 140 Å². The Morgan fingerprint density at radius 2 is 1.89 bits per heavy atom. The number of nitrogens with one attached hydrogen (secondary N) is 2. The molecule has 1 unspecified atom stereocenters. The molecule has 10 heteroatoms. The first-order valence-corrected chi connectivity index (χ1v) is 14.7. The molecule has 0 bridgehead atoms. The number of aliphatic hydroxyl groups is 1. The van der Waals surface area contributed by atoms with E-state index >= 15 is 0 Å². The summed E-state index contributed by atoms with van der Waals surface area (Å²) in [5.41, 5.74) is 2.77. The molecule has 1 atom stereocenters. The van der Waals surface area contributed by atoms with Crippen molar-refractivity contribution in [3.63, 3.8) is 0 Å². The second kappa shape index (κ2) is 13.2. The molecule has 1 saturated heterocycles. The molecule has 3 N–H and O–H groups in total. The number of nitriles is 1. The van der Waals surface area contributed by atoms with Crippen LogP contribution in [-0.4, -0.2) is 64.1 Å². The number of aliphatic hydroxyl groups excluding tert-OH is 1. The fraction of sp³-hybridized carbons (Fsp3) is 0.324. The third-order valence-electron chi connectivity index (χ3n) is 8.07. The predicted molar refractivity (Wildman–Crippen MR) is 168 cm³/mol. The summed E-state index contributed by atoms with van der Waals surface area (Å²) in [5.74, 6) is 0.173. The van der Waals surface area contributed by atoms with Gasteiger partial charge in [0.25, 0.3) is 11.8 Å². The molecule has 1 aromatic heterocycles. The van der Waals surface area contributed by atoms with E-state index < -0.39 is 17.2 Å². The van der Waals surface area contributed by atoms with E-state index in [1.807, 2.05) is 25.1 Å². The number of hydrogen-bond donors (Lipinski definition) is 3. The number of anilines is 2. The fourth-order valence-electron chi connectivity index (χ4n) is 5.29. The number of imide groups is 1. The average Bonchev–Trinajstić information content (AvgIpc) is 3.49. The highest BCUT2D eigenvalue weighted by molar-refractivity contribution is 6.10. The standard InChI is InChI=1S/C34H36N6O4/c1-22-9-10-24(33(43)39-32(42)23-6-4-7-25(16-23)34(2,3)20-35)17-29(22)38-31-28-12-11-27(18-30(28)36-21-37-31)44-15-14-40-13-5-8-26(40)19-41/h4,6-7,9-12,16-18,21,26,41H,5,8,13-15,19H2,1-3H3,(H,36,37,38)(H,39,42,43). The molecule has 5 rings (SSSR count). The maximum Gasteiger partial charge on any atom is 0.258 e. The average molecular weight is 593 g/mol. The van der Waals surface area contributed by atoms with Gasteiger partial charge in [0.2, 0.25) is 0 Å². The van der Waals surface area contributed by atoms with Crippen LogP contribution in [0.25, 0.3) is 10.9 Å². The molecule has 1 aliphatic heterocycles. The van der Waals surface area contributed by atoms with Gasteiger partial charge in [-0.3, -0.25) is 19.8 Å². The Labute approximate surface area is 256 Å². The van der Waals surface area contributed by atoms with E-state index in [0.717, 1.165) is 36.9 Å². The molecule has 10 nitrogen and oxygen atoms in total. The van der Waals surface area contributed by atoms with Gasteiger partial charge in [0.15, 0.2) is 0 Å². The zero-order chi connectivity index (χ0) is 31.3. The normalized spacial score (nSPS) is 15.1. The summed E-state index contributed by atoms with van der Waals surface area (Å²) in [6.45, 7) is 7.86. The number of fused-ring (bicyclic) bond motifs is 1. The monoisotopic (exact) mass is 592 g/mol. The minimum Gasteiger partial charge on any atom is -0.492 e. The van der Waals surface area contributed by atoms with Crippen LogP contribution in [0, 0.1) is 18.3 Å². The quantitative estimate of drug-likeness (QED) is 0.220. The number of rotatable bonds is 10. The number of aromatic nitrogens is 2. The Bertz CT molecular complexity index is 1730. The van der Waals surface area contributed by atoms with Gasteiger partial charge in [-0.05, 0) is 87.7 Å². The van der Waals surface area contributed by atoms with E-state index in [0.29, 0.717) is 46.1 Å². The van der Waals surface area contributed by atoms with Crippen LogP contribution >= 0.6 is 0 Å². The number of carbonyl (C=O) groups excluding carboxylic acids is 2. The Hall–Kier alpha value is -4.85. The van der Waals surface area contributed by atoms with Crippen LogP contribution in [-0.2, 0) is 5.41 Å². The van der Waals surface area contributed by atoms with Crippen molar-refractivity contribution in [1.29, 1.82) is 5.26 Å². The van der Waals surface area contributed by atoms with Crippen molar-refractivity contribution < 1.29 is 19.4 Å². The molecule has 44 heavy (non-hydrogen) atoms. The summed E-state index contributed by atoms with van der Waals surface area (Å²) < 4.78 is 5.99. The SMILES string of the molecule is Cc1ccc(C(=O)NC(=O)c2cccc(C(C)(C)C#N)c2)cc1Nc1ncnc2cc(OCCN3CCCC3CO)ccc12. The summed E-state index contributed by atoms with van der Waals surface area (Å²) >= 11 is 0. The van der Waals surface area contributed by atoms with Gasteiger partial charge >= 0.3 is 0 Å². The third-order valence-corrected chi connectivity index (χ3v) is 8.07. The number of benzene rings is 3. The van der Waals surface area contributed by atoms with E-state index in [2.05, 4.69) is 31.6 Å². The van der Waals surface area contributed by atoms with Gasteiger partial charge in [-0.15, -0.1) is 0 Å². The Kier molecular flexibility index (Phi) is 9.18. The van der Waals surface area contributed by atoms with Crippen molar-refractivity contribution in [3.8, 4) is 11.8 Å². The van der Waals surface area contributed by atoms with E-state index in [-0.39, 0.29) is 12.6 Å². The first-order chi connectivity index (χ1) is 21.2. The smallest absolute Gasteiger partial charge is 0.258 e. The number of ether oxygens (including phenoxy) is 1. The van der Waals surface area contributed by atoms with Crippen molar-refractivity contribution in [3.05, 3.63) is 89.2 Å². The highest BCUT2D eigenvalue weighted by atomic mass is 16.5. The Morgan fingerprint density at radius 3 is 2.66 bits per heavy atom. The highest BCUT2D eigenvalue weighted by Crippen LogP contribution is 2.28. The highest BCUT2D eigenvalue weighted by Gasteiger charge is 2.24. The maximum absolute atomic E-state index is 13.1. The molecule has 0 radical (unpaired) electrons. The minimum absolute atomic E-state index is 0.172. The van der Waals surface area contributed by atoms with Crippen molar-refractivity contribution >= 4 is 34.2 Å². The zero-order valence-corrected chi connectivity index (χ0v) is 25.1. The summed E-state index contributed by atoms with van der Waals surface area (Å²) in [6, 6.07) is 19.9. The van der Waals surface area contributed by atoms with Gasteiger partial charge < -0.3 is 15.2 Å². The van der Waals surface area contributed by atoms with Gasteiger partial charge in [0.1, 0.15) is 24.5 Å². The van der Waals surface area contributed by atoms with Gasteiger partial charge in [-0.25, -0.2) is 9.97 Å². The third kappa shape index (κ3) is 6.86. The molecular formula is C34H36N6O4. The lowest BCUT2D eigenvalue weighted by molar-refractivity contribution is 0.0849. The summed E-state index contributed by atoms with van der Waals surface area (Å²) in [5, 5.41) is 25.5. The lowest BCUT2D eigenvalue weighted by atomic mass is 9.85. The molecule has 4 aromatic rings. The van der Waals surface area contributed by atoms with Crippen LogP contribution in [0.2, 0.25) is 0 Å². The second-order valence-electron chi connectivity index (χ2n) is 11.5. The number of nitrogens with zero attached hydrogens (tertiary/aromatic N) is 4. The molecular weight excluding hydrogens is 556 g/mol. The van der Waals surface area contributed by atoms with Crippen molar-refractivity contribution in [2.45, 2.75) is 45.1 Å². The Balaban J connectivity index is 1.27. The summed E-state index contributed by atoms with van der Waals surface area (Å²) in [6.07, 6.45) is 3.58. The molecule has 1 fully saturated rings. The molecule has 2 amide bonds. The molecule has 3 aromatic carbocycles. The lowest BCUT2D eigenvalue weighted by Gasteiger charge is -2.22. The minimum atomic E-state index is -0.768. The van der Waals surface area contributed by atoms with Gasteiger partial charge in [-0.2, -0.15) is 5.26 Å². The van der Waals surface area contributed by atoms with Gasteiger partial charge in [-0.1, -0.05) is 18.2 Å². The molecule has 0 aliphatic carbocycles. The molecule has 0 saturated carbocycles. The predicted octanol–water partition coefficient (Wildman–Crippen LogP) is 4.89. The largest absolute Gasteiger partial charge is 0.492 e. The molecule has 1 aliphatic rings. The van der Waals surface area contributed by atoms with Gasteiger partial charge in [0, 0.05) is 40.9 Å². The molecule has 0 spiro atoms. The number of hydrogen-bond acceptors (Lipinski definition) is 9. The number of carbonyl (C=O) groups is 2.